The zero-order chi connectivity index (χ0) is 9.14. The van der Waals surface area contributed by atoms with Gasteiger partial charge in [0.15, 0.2) is 0 Å². The van der Waals surface area contributed by atoms with E-state index in [1.165, 1.54) is 31.4 Å². The van der Waals surface area contributed by atoms with Gasteiger partial charge in [-0.25, -0.2) is 0 Å². The van der Waals surface area contributed by atoms with E-state index in [4.69, 9.17) is 0 Å². The molecule has 1 saturated heterocycles. The van der Waals surface area contributed by atoms with Crippen LogP contribution in [0.3, 0.4) is 0 Å². The second-order valence-electron chi connectivity index (χ2n) is 4.11. The van der Waals surface area contributed by atoms with Gasteiger partial charge in [0.1, 0.15) is 0 Å². The van der Waals surface area contributed by atoms with E-state index in [-0.39, 0.29) is 0 Å². The highest BCUT2D eigenvalue weighted by molar-refractivity contribution is 5.07. The fraction of sp³-hybridized carbons (Fsp3) is 0.818. The van der Waals surface area contributed by atoms with Gasteiger partial charge in [0.25, 0.3) is 0 Å². The van der Waals surface area contributed by atoms with Crippen LogP contribution < -0.4 is 0 Å². The fourth-order valence-corrected chi connectivity index (χ4v) is 2.48. The van der Waals surface area contributed by atoms with Crippen LogP contribution in [-0.4, -0.2) is 24.5 Å². The van der Waals surface area contributed by atoms with Gasteiger partial charge in [-0.3, -0.25) is 4.90 Å². The summed E-state index contributed by atoms with van der Waals surface area (Å²) in [4.78, 5) is 2.45. The largest absolute Gasteiger partial charge is 0.299 e. The number of hydrogen-bond acceptors (Lipinski definition) is 1. The van der Waals surface area contributed by atoms with Crippen LogP contribution in [0.2, 0.25) is 0 Å². The number of nitrogens with zero attached hydrogens (tertiary/aromatic N) is 1. The smallest absolute Gasteiger partial charge is 0.0327 e. The molecule has 0 aliphatic carbocycles. The second kappa shape index (κ2) is 4.08. The molecule has 0 bridgehead atoms. The van der Waals surface area contributed by atoms with Gasteiger partial charge in [0, 0.05) is 6.04 Å². The Morgan fingerprint density at radius 2 is 2.25 bits per heavy atom. The van der Waals surface area contributed by atoms with Gasteiger partial charge in [-0.2, -0.15) is 0 Å². The molecule has 1 aliphatic rings. The van der Waals surface area contributed by atoms with E-state index < -0.39 is 0 Å². The minimum absolute atomic E-state index is 0.657. The van der Waals surface area contributed by atoms with Crippen molar-refractivity contribution in [1.29, 1.82) is 0 Å². The Labute approximate surface area is 76.5 Å². The van der Waals surface area contributed by atoms with Gasteiger partial charge in [0.2, 0.25) is 0 Å². The molecule has 0 amide bonds. The van der Waals surface area contributed by atoms with Gasteiger partial charge in [0.05, 0.1) is 0 Å². The third kappa shape index (κ3) is 1.89. The maximum Gasteiger partial charge on any atom is 0.0327 e. The number of likely N-dealkylation sites (tertiary alicyclic amines) is 1. The quantitative estimate of drug-likeness (QED) is 0.584. The van der Waals surface area contributed by atoms with Crippen molar-refractivity contribution in [3.05, 3.63) is 12.2 Å². The highest BCUT2D eigenvalue weighted by Gasteiger charge is 2.30. The van der Waals surface area contributed by atoms with Crippen LogP contribution in [0.1, 0.15) is 33.1 Å². The summed E-state index contributed by atoms with van der Waals surface area (Å²) in [5.74, 6) is 0.873. The van der Waals surface area contributed by atoms with Crippen LogP contribution in [-0.2, 0) is 0 Å². The van der Waals surface area contributed by atoms with Crippen molar-refractivity contribution in [3.8, 4) is 0 Å². The minimum Gasteiger partial charge on any atom is -0.299 e. The molecule has 2 atom stereocenters. The van der Waals surface area contributed by atoms with Crippen LogP contribution in [0, 0.1) is 5.92 Å². The second-order valence-corrected chi connectivity index (χ2v) is 4.11. The topological polar surface area (TPSA) is 3.24 Å². The third-order valence-corrected chi connectivity index (χ3v) is 2.94. The van der Waals surface area contributed by atoms with Gasteiger partial charge < -0.3 is 0 Å². The molecular formula is C11H21N. The number of rotatable bonds is 3. The summed E-state index contributed by atoms with van der Waals surface area (Å²) < 4.78 is 0. The summed E-state index contributed by atoms with van der Waals surface area (Å²) in [6.07, 6.45) is 4.03. The highest BCUT2D eigenvalue weighted by atomic mass is 15.2. The molecule has 1 heteroatoms. The lowest BCUT2D eigenvalue weighted by Gasteiger charge is -2.25. The molecule has 1 aliphatic heterocycles. The predicted molar refractivity (Wildman–Crippen MR) is 54.2 cm³/mol. The number of likely N-dealkylation sites (N-methyl/N-ethyl adjacent to an activating group) is 1. The van der Waals surface area contributed by atoms with E-state index >= 15 is 0 Å². The summed E-state index contributed by atoms with van der Waals surface area (Å²) in [5.41, 5.74) is 1.34. The van der Waals surface area contributed by atoms with Gasteiger partial charge in [-0.15, -0.1) is 0 Å². The summed E-state index contributed by atoms with van der Waals surface area (Å²) in [6, 6.07) is 0.657. The van der Waals surface area contributed by atoms with Crippen molar-refractivity contribution in [1.82, 2.24) is 4.90 Å². The molecular weight excluding hydrogens is 146 g/mol. The SMILES string of the molecule is C=C(C)C1[C@@H](CCC)CCN1C. The number of hydrogen-bond donors (Lipinski definition) is 0. The van der Waals surface area contributed by atoms with Crippen LogP contribution in [0.4, 0.5) is 0 Å². The molecule has 0 spiro atoms. The maximum absolute atomic E-state index is 4.08. The molecule has 0 saturated carbocycles. The fourth-order valence-electron chi connectivity index (χ4n) is 2.48. The zero-order valence-corrected chi connectivity index (χ0v) is 8.64. The molecule has 1 unspecified atom stereocenters. The van der Waals surface area contributed by atoms with Gasteiger partial charge in [-0.1, -0.05) is 25.5 Å². The van der Waals surface area contributed by atoms with Crippen LogP contribution >= 0.6 is 0 Å². The van der Waals surface area contributed by atoms with E-state index in [0.29, 0.717) is 6.04 Å². The molecule has 0 aromatic heterocycles. The molecule has 70 valence electrons. The molecule has 0 N–H and O–H groups in total. The predicted octanol–water partition coefficient (Wildman–Crippen LogP) is 2.68. The lowest BCUT2D eigenvalue weighted by atomic mass is 9.91. The Morgan fingerprint density at radius 3 is 2.75 bits per heavy atom. The molecule has 1 heterocycles. The first-order chi connectivity index (χ1) is 5.66. The van der Waals surface area contributed by atoms with E-state index in [2.05, 4.69) is 32.4 Å². The van der Waals surface area contributed by atoms with Crippen LogP contribution in [0.15, 0.2) is 12.2 Å². The maximum atomic E-state index is 4.08. The molecule has 1 fully saturated rings. The summed E-state index contributed by atoms with van der Waals surface area (Å²) in [6.45, 7) is 9.76. The normalized spacial score (nSPS) is 30.9. The van der Waals surface area contributed by atoms with E-state index in [1.807, 2.05) is 0 Å². The van der Waals surface area contributed by atoms with E-state index in [1.54, 1.807) is 0 Å². The van der Waals surface area contributed by atoms with Gasteiger partial charge >= 0.3 is 0 Å². The van der Waals surface area contributed by atoms with Gasteiger partial charge in [-0.05, 0) is 39.3 Å². The third-order valence-electron chi connectivity index (χ3n) is 2.94. The summed E-state index contributed by atoms with van der Waals surface area (Å²) in [5, 5.41) is 0. The average molecular weight is 167 g/mol. The van der Waals surface area contributed by atoms with Crippen molar-refractivity contribution >= 4 is 0 Å². The molecule has 12 heavy (non-hydrogen) atoms. The van der Waals surface area contributed by atoms with Crippen LogP contribution in [0.25, 0.3) is 0 Å². The van der Waals surface area contributed by atoms with Crippen molar-refractivity contribution < 1.29 is 0 Å². The molecule has 0 aromatic rings. The van der Waals surface area contributed by atoms with E-state index in [0.717, 1.165) is 5.92 Å². The van der Waals surface area contributed by atoms with Crippen LogP contribution in [0.5, 0.6) is 0 Å². The average Bonchev–Trinajstić information content (AvgIpc) is 2.32. The van der Waals surface area contributed by atoms with Crippen molar-refractivity contribution in [2.75, 3.05) is 13.6 Å². The first kappa shape index (κ1) is 9.79. The van der Waals surface area contributed by atoms with Crippen molar-refractivity contribution in [3.63, 3.8) is 0 Å². The van der Waals surface area contributed by atoms with Crippen molar-refractivity contribution in [2.24, 2.45) is 5.92 Å². The molecule has 0 radical (unpaired) electrons. The zero-order valence-electron chi connectivity index (χ0n) is 8.64. The standard InChI is InChI=1S/C11H21N/c1-5-6-10-7-8-12(4)11(10)9(2)3/h10-11H,2,5-8H2,1,3-4H3/t10-,11?/m0/s1. The Balaban J connectivity index is 2.57. The summed E-state index contributed by atoms with van der Waals surface area (Å²) in [7, 11) is 2.22. The first-order valence-corrected chi connectivity index (χ1v) is 5.02. The Kier molecular flexibility index (Phi) is 3.33. The summed E-state index contributed by atoms with van der Waals surface area (Å²) >= 11 is 0. The minimum atomic E-state index is 0.657. The Bertz CT molecular complexity index is 160. The molecule has 1 nitrogen and oxygen atoms in total. The first-order valence-electron chi connectivity index (χ1n) is 5.02. The monoisotopic (exact) mass is 167 g/mol. The Morgan fingerprint density at radius 1 is 1.58 bits per heavy atom. The molecule has 0 aromatic carbocycles. The Hall–Kier alpha value is -0.300. The van der Waals surface area contributed by atoms with E-state index in [9.17, 15) is 0 Å². The molecule has 1 rings (SSSR count). The highest BCUT2D eigenvalue weighted by Crippen LogP contribution is 2.30. The lowest BCUT2D eigenvalue weighted by Crippen LogP contribution is -2.30. The lowest BCUT2D eigenvalue weighted by molar-refractivity contribution is 0.300. The van der Waals surface area contributed by atoms with Crippen molar-refractivity contribution in [2.45, 2.75) is 39.2 Å².